The Morgan fingerprint density at radius 3 is 2.00 bits per heavy atom. The Bertz CT molecular complexity index is 2330. The van der Waals surface area contributed by atoms with Crippen LogP contribution in [-0.2, 0) is 0 Å². The van der Waals surface area contributed by atoms with Crippen LogP contribution in [0.3, 0.4) is 0 Å². The van der Waals surface area contributed by atoms with E-state index in [1.54, 1.807) is 0 Å². The lowest BCUT2D eigenvalue weighted by atomic mass is 9.81. The number of benzene rings is 7. The van der Waals surface area contributed by atoms with Gasteiger partial charge in [0, 0.05) is 0 Å². The molecule has 9 rings (SSSR count). The molecule has 7 aromatic rings. The number of fused-ring (bicyclic) bond motifs is 5. The minimum atomic E-state index is 1.08. The van der Waals surface area contributed by atoms with Crippen molar-refractivity contribution in [2.75, 3.05) is 0 Å². The van der Waals surface area contributed by atoms with Gasteiger partial charge in [0.05, 0.1) is 0 Å². The SMILES string of the molecule is Cc1ccc2cc(-c3ccc4c5c(cccc35)-c3c-4c(C4=CCCC=C4)c4ccccc4c3-c3ccccc3)ccc2c1. The Balaban J connectivity index is 1.40. The summed E-state index contributed by atoms with van der Waals surface area (Å²) in [6, 6.07) is 45.4. The lowest BCUT2D eigenvalue weighted by Crippen LogP contribution is -1.96. The molecule has 0 N–H and O–H groups in total. The highest BCUT2D eigenvalue weighted by Crippen LogP contribution is 2.57. The zero-order valence-corrected chi connectivity index (χ0v) is 24.2. The highest BCUT2D eigenvalue weighted by atomic mass is 14.3. The fourth-order valence-corrected chi connectivity index (χ4v) is 7.59. The van der Waals surface area contributed by atoms with Crippen molar-refractivity contribution in [1.82, 2.24) is 0 Å². The second kappa shape index (κ2) is 9.41. The molecule has 0 heterocycles. The van der Waals surface area contributed by atoms with Crippen LogP contribution in [0.15, 0.2) is 140 Å². The van der Waals surface area contributed by atoms with Crippen LogP contribution in [-0.4, -0.2) is 0 Å². The number of hydrogen-bond donors (Lipinski definition) is 0. The lowest BCUT2D eigenvalue weighted by Gasteiger charge is -2.21. The van der Waals surface area contributed by atoms with Gasteiger partial charge in [-0.05, 0) is 114 Å². The van der Waals surface area contributed by atoms with E-state index in [1.165, 1.54) is 93.5 Å². The molecule has 0 amide bonds. The Kier molecular flexibility index (Phi) is 5.34. The summed E-state index contributed by atoms with van der Waals surface area (Å²) in [5.74, 6) is 0. The molecule has 0 bridgehead atoms. The molecule has 0 spiro atoms. The molecule has 202 valence electrons. The van der Waals surface area contributed by atoms with Crippen molar-refractivity contribution in [1.29, 1.82) is 0 Å². The summed E-state index contributed by atoms with van der Waals surface area (Å²) in [5.41, 5.74) is 14.6. The second-order valence-electron chi connectivity index (χ2n) is 12.0. The van der Waals surface area contributed by atoms with E-state index in [1.807, 2.05) is 0 Å². The first kappa shape index (κ1) is 24.4. The van der Waals surface area contributed by atoms with Crippen molar-refractivity contribution < 1.29 is 0 Å². The maximum Gasteiger partial charge on any atom is -0.000741 e. The fraction of sp³-hybridized carbons (Fsp3) is 0.0698. The molecule has 7 aromatic carbocycles. The molecule has 2 aliphatic rings. The van der Waals surface area contributed by atoms with E-state index in [2.05, 4.69) is 146 Å². The lowest BCUT2D eigenvalue weighted by molar-refractivity contribution is 1.04. The smallest absolute Gasteiger partial charge is 0.000741 e. The molecule has 43 heavy (non-hydrogen) atoms. The topological polar surface area (TPSA) is 0 Å². The Morgan fingerprint density at radius 2 is 1.16 bits per heavy atom. The van der Waals surface area contributed by atoms with Gasteiger partial charge in [0.15, 0.2) is 0 Å². The Morgan fingerprint density at radius 1 is 0.465 bits per heavy atom. The summed E-state index contributed by atoms with van der Waals surface area (Å²) in [5, 5.41) is 7.91. The molecule has 0 atom stereocenters. The van der Waals surface area contributed by atoms with Crippen LogP contribution in [0, 0.1) is 6.92 Å². The zero-order valence-electron chi connectivity index (χ0n) is 24.2. The summed E-state index contributed by atoms with van der Waals surface area (Å²) in [6.07, 6.45) is 9.31. The van der Waals surface area contributed by atoms with E-state index in [4.69, 9.17) is 0 Å². The highest BCUT2D eigenvalue weighted by Gasteiger charge is 2.31. The third kappa shape index (κ3) is 3.63. The molecule has 2 aliphatic carbocycles. The van der Waals surface area contributed by atoms with E-state index in [9.17, 15) is 0 Å². The normalized spacial score (nSPS) is 13.6. The molecule has 0 heteroatoms. The molecular weight excluding hydrogens is 516 g/mol. The Hall–Kier alpha value is -5.20. The summed E-state index contributed by atoms with van der Waals surface area (Å²) >= 11 is 0. The number of aryl methyl sites for hydroxylation is 1. The molecule has 0 radical (unpaired) electrons. The van der Waals surface area contributed by atoms with Gasteiger partial charge in [-0.25, -0.2) is 0 Å². The second-order valence-corrected chi connectivity index (χ2v) is 12.0. The molecule has 0 unspecified atom stereocenters. The number of hydrogen-bond acceptors (Lipinski definition) is 0. The van der Waals surface area contributed by atoms with Gasteiger partial charge < -0.3 is 0 Å². The van der Waals surface area contributed by atoms with Crippen molar-refractivity contribution in [3.05, 3.63) is 151 Å². The Labute approximate surface area is 252 Å². The molecule has 0 nitrogen and oxygen atoms in total. The standard InChI is InChI=1S/C43H30/c1-27-19-20-31-26-32(22-21-30(31)25-27)33-23-24-38-41-34(33)17-10-18-37(41)42-39(28-11-4-2-5-12-28)35-15-8-9-16-36(35)40(43(38)42)29-13-6-3-7-14-29/h2,4-6,8-26H,3,7H2,1H3. The highest BCUT2D eigenvalue weighted by molar-refractivity contribution is 6.27. The third-order valence-electron chi connectivity index (χ3n) is 9.45. The maximum absolute atomic E-state index is 2.44. The van der Waals surface area contributed by atoms with Gasteiger partial charge >= 0.3 is 0 Å². The molecule has 0 aromatic heterocycles. The molecule has 0 saturated heterocycles. The average Bonchev–Trinajstić information content (AvgIpc) is 3.39. The molecule has 0 fully saturated rings. The summed E-state index contributed by atoms with van der Waals surface area (Å²) < 4.78 is 0. The van der Waals surface area contributed by atoms with Gasteiger partial charge in [-0.15, -0.1) is 0 Å². The number of allylic oxidation sites excluding steroid dienone is 4. The molecule has 0 aliphatic heterocycles. The van der Waals surface area contributed by atoms with Gasteiger partial charge in [0.25, 0.3) is 0 Å². The maximum atomic E-state index is 2.44. The first-order valence-electron chi connectivity index (χ1n) is 15.3. The average molecular weight is 547 g/mol. The molecule has 0 saturated carbocycles. The molecular formula is C43H30. The van der Waals surface area contributed by atoms with Crippen LogP contribution in [0.1, 0.15) is 24.0 Å². The van der Waals surface area contributed by atoms with E-state index in [0.717, 1.165) is 12.8 Å². The van der Waals surface area contributed by atoms with Crippen LogP contribution in [0.25, 0.3) is 82.4 Å². The predicted octanol–water partition coefficient (Wildman–Crippen LogP) is 12.2. The fourth-order valence-electron chi connectivity index (χ4n) is 7.59. The van der Waals surface area contributed by atoms with Gasteiger partial charge in [-0.3, -0.25) is 0 Å². The first-order chi connectivity index (χ1) is 21.3. The van der Waals surface area contributed by atoms with Crippen LogP contribution in [0.5, 0.6) is 0 Å². The minimum Gasteiger partial charge on any atom is -0.0836 e. The van der Waals surface area contributed by atoms with Gasteiger partial charge in [-0.2, -0.15) is 0 Å². The van der Waals surface area contributed by atoms with Crippen LogP contribution < -0.4 is 0 Å². The zero-order chi connectivity index (χ0) is 28.5. The monoisotopic (exact) mass is 546 g/mol. The van der Waals surface area contributed by atoms with E-state index in [-0.39, 0.29) is 0 Å². The van der Waals surface area contributed by atoms with E-state index < -0.39 is 0 Å². The summed E-state index contributed by atoms with van der Waals surface area (Å²) in [4.78, 5) is 0. The van der Waals surface area contributed by atoms with Gasteiger partial charge in [0.1, 0.15) is 0 Å². The third-order valence-corrected chi connectivity index (χ3v) is 9.45. The van der Waals surface area contributed by atoms with E-state index in [0.29, 0.717) is 0 Å². The van der Waals surface area contributed by atoms with Crippen LogP contribution >= 0.6 is 0 Å². The van der Waals surface area contributed by atoms with Crippen molar-refractivity contribution in [2.45, 2.75) is 19.8 Å². The predicted molar refractivity (Wildman–Crippen MR) is 185 cm³/mol. The van der Waals surface area contributed by atoms with Crippen LogP contribution in [0.2, 0.25) is 0 Å². The van der Waals surface area contributed by atoms with Crippen molar-refractivity contribution in [2.24, 2.45) is 0 Å². The largest absolute Gasteiger partial charge is 0.0836 e. The van der Waals surface area contributed by atoms with E-state index >= 15 is 0 Å². The van der Waals surface area contributed by atoms with Crippen molar-refractivity contribution >= 4 is 37.9 Å². The van der Waals surface area contributed by atoms with Gasteiger partial charge in [-0.1, -0.05) is 139 Å². The quantitative estimate of drug-likeness (QED) is 0.207. The summed E-state index contributed by atoms with van der Waals surface area (Å²) in [6.45, 7) is 2.16. The van der Waals surface area contributed by atoms with Gasteiger partial charge in [0.2, 0.25) is 0 Å². The van der Waals surface area contributed by atoms with Crippen molar-refractivity contribution in [3.63, 3.8) is 0 Å². The number of rotatable bonds is 3. The first-order valence-corrected chi connectivity index (χ1v) is 15.3. The van der Waals surface area contributed by atoms with Crippen molar-refractivity contribution in [3.8, 4) is 44.5 Å². The summed E-state index contributed by atoms with van der Waals surface area (Å²) in [7, 11) is 0. The van der Waals surface area contributed by atoms with Crippen LogP contribution in [0.4, 0.5) is 0 Å². The minimum absolute atomic E-state index is 1.08.